The van der Waals surface area contributed by atoms with E-state index in [9.17, 15) is 4.79 Å². The summed E-state index contributed by atoms with van der Waals surface area (Å²) in [4.78, 5) is 11.5. The van der Waals surface area contributed by atoms with Crippen molar-refractivity contribution in [3.05, 3.63) is 30.2 Å². The van der Waals surface area contributed by atoms with E-state index >= 15 is 0 Å². The largest absolute Gasteiger partial charge is 0.465 e. The number of carbonyl (C=O) groups excluding carboxylic acids is 1. The molecule has 1 saturated heterocycles. The molecule has 0 aromatic carbocycles. The molecule has 0 radical (unpaired) electrons. The second-order valence-electron chi connectivity index (χ2n) is 4.64. The zero-order valence-electron chi connectivity index (χ0n) is 10.5. The number of nitrogens with one attached hydrogen (secondary N) is 2. The number of hydrogen-bond donors (Lipinski definition) is 2. The molecule has 1 aromatic rings. The molecule has 1 aliphatic rings. The van der Waals surface area contributed by atoms with Crippen LogP contribution >= 0.6 is 0 Å². The van der Waals surface area contributed by atoms with Gasteiger partial charge in [0.05, 0.1) is 6.26 Å². The maximum Gasteiger partial charge on any atom is 0.244 e. The Balaban J connectivity index is 1.62. The molecule has 2 N–H and O–H groups in total. The molecule has 0 bridgehead atoms. The van der Waals surface area contributed by atoms with E-state index in [1.165, 1.54) is 18.9 Å². The molecular weight excluding hydrogens is 228 g/mol. The lowest BCUT2D eigenvalue weighted by molar-refractivity contribution is -0.116. The number of hydrogen-bond acceptors (Lipinski definition) is 3. The monoisotopic (exact) mass is 248 g/mol. The third kappa shape index (κ3) is 4.37. The number of carbonyl (C=O) groups is 1. The van der Waals surface area contributed by atoms with E-state index in [1.807, 2.05) is 6.07 Å². The normalized spacial score (nSPS) is 20.1. The van der Waals surface area contributed by atoms with Gasteiger partial charge in [-0.1, -0.05) is 0 Å². The average Bonchev–Trinajstić information content (AvgIpc) is 2.91. The zero-order valence-corrected chi connectivity index (χ0v) is 10.5. The Morgan fingerprint density at radius 2 is 2.56 bits per heavy atom. The minimum absolute atomic E-state index is 0.0600. The van der Waals surface area contributed by atoms with Crippen LogP contribution in [0, 0.1) is 5.92 Å². The second kappa shape index (κ2) is 7.01. The molecule has 1 aromatic heterocycles. The Morgan fingerprint density at radius 3 is 3.28 bits per heavy atom. The Hall–Kier alpha value is -1.55. The molecule has 4 nitrogen and oxygen atoms in total. The summed E-state index contributed by atoms with van der Waals surface area (Å²) in [6, 6.07) is 3.62. The molecule has 0 spiro atoms. The van der Waals surface area contributed by atoms with Crippen LogP contribution in [0.4, 0.5) is 0 Å². The molecule has 2 rings (SSSR count). The van der Waals surface area contributed by atoms with Gasteiger partial charge in [-0.25, -0.2) is 0 Å². The van der Waals surface area contributed by atoms with Gasteiger partial charge < -0.3 is 15.1 Å². The highest BCUT2D eigenvalue weighted by Gasteiger charge is 2.12. The lowest BCUT2D eigenvalue weighted by atomic mass is 9.96. The lowest BCUT2D eigenvalue weighted by Gasteiger charge is -2.22. The van der Waals surface area contributed by atoms with Crippen molar-refractivity contribution in [2.45, 2.75) is 19.3 Å². The summed E-state index contributed by atoms with van der Waals surface area (Å²) < 4.78 is 5.11. The molecule has 1 aliphatic heterocycles. The fraction of sp³-hybridized carbons (Fsp3) is 0.500. The van der Waals surface area contributed by atoms with E-state index < -0.39 is 0 Å². The van der Waals surface area contributed by atoms with E-state index in [2.05, 4.69) is 10.6 Å². The van der Waals surface area contributed by atoms with Gasteiger partial charge in [0.2, 0.25) is 5.91 Å². The SMILES string of the molecule is O=C(C=Cc1ccco1)NCCC1CCCNC1. The Morgan fingerprint density at radius 1 is 1.61 bits per heavy atom. The van der Waals surface area contributed by atoms with Crippen molar-refractivity contribution >= 4 is 12.0 Å². The number of piperidine rings is 1. The van der Waals surface area contributed by atoms with Gasteiger partial charge in [0.25, 0.3) is 0 Å². The highest BCUT2D eigenvalue weighted by atomic mass is 16.3. The second-order valence-corrected chi connectivity index (χ2v) is 4.64. The smallest absolute Gasteiger partial charge is 0.244 e. The van der Waals surface area contributed by atoms with Gasteiger partial charge in [-0.2, -0.15) is 0 Å². The summed E-state index contributed by atoms with van der Waals surface area (Å²) >= 11 is 0. The summed E-state index contributed by atoms with van der Waals surface area (Å²) in [6.45, 7) is 2.96. The fourth-order valence-electron chi connectivity index (χ4n) is 2.17. The number of rotatable bonds is 5. The van der Waals surface area contributed by atoms with Crippen LogP contribution in [0.25, 0.3) is 6.08 Å². The molecule has 18 heavy (non-hydrogen) atoms. The highest BCUT2D eigenvalue weighted by Crippen LogP contribution is 2.12. The first-order valence-electron chi connectivity index (χ1n) is 6.55. The van der Waals surface area contributed by atoms with Crippen LogP contribution in [0.15, 0.2) is 28.9 Å². The van der Waals surface area contributed by atoms with Gasteiger partial charge in [0.15, 0.2) is 0 Å². The molecule has 4 heteroatoms. The van der Waals surface area contributed by atoms with Crippen molar-refractivity contribution in [1.82, 2.24) is 10.6 Å². The van der Waals surface area contributed by atoms with Gasteiger partial charge in [-0.05, 0) is 56.5 Å². The topological polar surface area (TPSA) is 54.3 Å². The zero-order chi connectivity index (χ0) is 12.6. The molecule has 1 atom stereocenters. The molecule has 1 amide bonds. The fourth-order valence-corrected chi connectivity index (χ4v) is 2.17. The molecule has 1 unspecified atom stereocenters. The molecular formula is C14H20N2O2. The minimum atomic E-state index is -0.0600. The van der Waals surface area contributed by atoms with E-state index in [1.54, 1.807) is 18.4 Å². The van der Waals surface area contributed by atoms with Crippen LogP contribution in [0.3, 0.4) is 0 Å². The van der Waals surface area contributed by atoms with Crippen LogP contribution in [0.2, 0.25) is 0 Å². The molecule has 0 saturated carbocycles. The minimum Gasteiger partial charge on any atom is -0.465 e. The highest BCUT2D eigenvalue weighted by molar-refractivity contribution is 5.91. The van der Waals surface area contributed by atoms with Gasteiger partial charge in [-0.15, -0.1) is 0 Å². The Labute approximate surface area is 107 Å². The van der Waals surface area contributed by atoms with Crippen LogP contribution in [-0.2, 0) is 4.79 Å². The molecule has 0 aliphatic carbocycles. The lowest BCUT2D eigenvalue weighted by Crippen LogP contribution is -2.32. The first-order chi connectivity index (χ1) is 8.84. The van der Waals surface area contributed by atoms with Crippen molar-refractivity contribution in [2.24, 2.45) is 5.92 Å². The van der Waals surface area contributed by atoms with Crippen molar-refractivity contribution in [3.63, 3.8) is 0 Å². The van der Waals surface area contributed by atoms with Crippen molar-refractivity contribution in [2.75, 3.05) is 19.6 Å². The summed E-state index contributed by atoms with van der Waals surface area (Å²) in [5.74, 6) is 1.34. The maximum absolute atomic E-state index is 11.5. The molecule has 1 fully saturated rings. The summed E-state index contributed by atoms with van der Waals surface area (Å²) in [7, 11) is 0. The quantitative estimate of drug-likeness (QED) is 0.781. The number of furan rings is 1. The van der Waals surface area contributed by atoms with Gasteiger partial charge in [0.1, 0.15) is 5.76 Å². The van der Waals surface area contributed by atoms with Crippen molar-refractivity contribution in [1.29, 1.82) is 0 Å². The average molecular weight is 248 g/mol. The maximum atomic E-state index is 11.5. The van der Waals surface area contributed by atoms with Crippen molar-refractivity contribution < 1.29 is 9.21 Å². The van der Waals surface area contributed by atoms with Crippen LogP contribution in [0.1, 0.15) is 25.0 Å². The van der Waals surface area contributed by atoms with E-state index in [0.29, 0.717) is 11.7 Å². The van der Waals surface area contributed by atoms with E-state index in [4.69, 9.17) is 4.42 Å². The van der Waals surface area contributed by atoms with E-state index in [-0.39, 0.29) is 5.91 Å². The predicted molar refractivity (Wildman–Crippen MR) is 71.0 cm³/mol. The van der Waals surface area contributed by atoms with Gasteiger partial charge >= 0.3 is 0 Å². The van der Waals surface area contributed by atoms with Gasteiger partial charge in [0, 0.05) is 12.6 Å². The predicted octanol–water partition coefficient (Wildman–Crippen LogP) is 1.80. The summed E-state index contributed by atoms with van der Waals surface area (Å²) in [5.41, 5.74) is 0. The number of amides is 1. The van der Waals surface area contributed by atoms with Gasteiger partial charge in [-0.3, -0.25) is 4.79 Å². The third-order valence-electron chi connectivity index (χ3n) is 3.19. The standard InChI is InChI=1S/C14H20N2O2/c17-14(6-5-13-4-2-10-18-13)16-9-7-12-3-1-8-15-11-12/h2,4-6,10,12,15H,1,3,7-9,11H2,(H,16,17). The molecule has 2 heterocycles. The molecule has 98 valence electrons. The third-order valence-corrected chi connectivity index (χ3v) is 3.19. The Kier molecular flexibility index (Phi) is 5.02. The van der Waals surface area contributed by atoms with Crippen molar-refractivity contribution in [3.8, 4) is 0 Å². The summed E-state index contributed by atoms with van der Waals surface area (Å²) in [6.07, 6.45) is 8.35. The van der Waals surface area contributed by atoms with E-state index in [0.717, 1.165) is 26.1 Å². The van der Waals surface area contributed by atoms with Crippen LogP contribution in [0.5, 0.6) is 0 Å². The first kappa shape index (κ1) is 12.9. The van der Waals surface area contributed by atoms with Crippen LogP contribution in [-0.4, -0.2) is 25.5 Å². The Bertz CT molecular complexity index is 379. The first-order valence-corrected chi connectivity index (χ1v) is 6.55. The summed E-state index contributed by atoms with van der Waals surface area (Å²) in [5, 5.41) is 6.27. The van der Waals surface area contributed by atoms with Crippen LogP contribution < -0.4 is 10.6 Å².